The van der Waals surface area contributed by atoms with E-state index in [9.17, 15) is 44.6 Å². The third kappa shape index (κ3) is 34.9. The van der Waals surface area contributed by atoms with Crippen LogP contribution in [0.15, 0.2) is 36.5 Å². The van der Waals surface area contributed by atoms with Gasteiger partial charge in [0.15, 0.2) is 6.10 Å². The molecule has 14 heteroatoms. The second-order valence-electron chi connectivity index (χ2n) is 18.7. The summed E-state index contributed by atoms with van der Waals surface area (Å²) in [5.74, 6) is -1.13. The number of hydrogen-bond acceptors (Lipinski definition) is 12. The van der Waals surface area contributed by atoms with E-state index < -0.39 is 75.7 Å². The van der Waals surface area contributed by atoms with Crippen LogP contribution in [0.5, 0.6) is 0 Å². The number of carbonyl (C=O) groups excluding carboxylic acids is 2. The van der Waals surface area contributed by atoms with Gasteiger partial charge in [-0.3, -0.25) is 18.6 Å². The van der Waals surface area contributed by atoms with Crippen molar-refractivity contribution >= 4 is 19.8 Å². The lowest BCUT2D eigenvalue weighted by Gasteiger charge is -2.41. The molecule has 0 heterocycles. The van der Waals surface area contributed by atoms with Gasteiger partial charge in [-0.25, -0.2) is 4.57 Å². The zero-order valence-corrected chi connectivity index (χ0v) is 42.8. The van der Waals surface area contributed by atoms with Gasteiger partial charge in [-0.1, -0.05) is 204 Å². The van der Waals surface area contributed by atoms with Crippen molar-refractivity contribution in [2.45, 2.75) is 275 Å². The van der Waals surface area contributed by atoms with Crippen LogP contribution in [0.4, 0.5) is 0 Å². The van der Waals surface area contributed by atoms with Gasteiger partial charge in [0.25, 0.3) is 0 Å². The largest absolute Gasteiger partial charge is 0.472 e. The quantitative estimate of drug-likeness (QED) is 0.0145. The SMILES string of the molecule is CCCCC/C=C/C/C=C/C/C=C/CCCCC(=O)OC[C@H](COP(=O)(O)OC1C(O)C(O)C(O)[C@@H](O)C1O)OC(=O)CCCCCCCCCCCCCCCCCCCCCCCCC. The molecule has 0 bridgehead atoms. The van der Waals surface area contributed by atoms with Crippen molar-refractivity contribution in [1.29, 1.82) is 0 Å². The van der Waals surface area contributed by atoms with Crippen LogP contribution in [0.1, 0.15) is 232 Å². The van der Waals surface area contributed by atoms with Crippen LogP contribution in [-0.4, -0.2) is 98.3 Å². The van der Waals surface area contributed by atoms with Gasteiger partial charge in [0.2, 0.25) is 0 Å². The average molecular weight is 973 g/mol. The molecular formula is C53H97O13P. The normalized spacial score (nSPS) is 21.4. The lowest BCUT2D eigenvalue weighted by molar-refractivity contribution is -0.220. The molecule has 0 aromatic carbocycles. The molecule has 0 aromatic rings. The Morgan fingerprint density at radius 1 is 0.463 bits per heavy atom. The van der Waals surface area contributed by atoms with Gasteiger partial charge in [-0.05, 0) is 51.4 Å². The molecule has 0 radical (unpaired) electrons. The number of phosphoric ester groups is 1. The minimum Gasteiger partial charge on any atom is -0.462 e. The van der Waals surface area contributed by atoms with Gasteiger partial charge in [-0.2, -0.15) is 0 Å². The number of hydrogen-bond donors (Lipinski definition) is 6. The van der Waals surface area contributed by atoms with Crippen molar-refractivity contribution in [3.63, 3.8) is 0 Å². The summed E-state index contributed by atoms with van der Waals surface area (Å²) in [6.07, 6.45) is 37.7. The highest BCUT2D eigenvalue weighted by atomic mass is 31.2. The zero-order valence-electron chi connectivity index (χ0n) is 41.9. The van der Waals surface area contributed by atoms with Crippen LogP contribution in [-0.2, 0) is 32.7 Å². The number of carbonyl (C=O) groups is 2. The van der Waals surface area contributed by atoms with Crippen molar-refractivity contribution in [1.82, 2.24) is 0 Å². The topological polar surface area (TPSA) is 210 Å². The molecule has 8 atom stereocenters. The number of unbranched alkanes of at least 4 members (excludes halogenated alkanes) is 27. The maximum absolute atomic E-state index is 12.9. The molecule has 13 nitrogen and oxygen atoms in total. The standard InChI is InChI=1S/C53H97O13P/c1-3-5-7-9-11-13-15-17-19-20-21-22-23-24-25-26-28-30-32-34-36-38-40-42-47(55)65-45(44-64-67(61,62)66-53-51(59)49(57)48(56)50(58)52(53)60)43-63-46(54)41-39-37-35-33-31-29-27-18-16-14-12-10-8-6-4-2/h12,14,18,27,31,33,45,48-53,56-60H,3-11,13,15-17,19-26,28-30,32,34-44H2,1-2H3,(H,61,62)/b14-12+,27-18+,33-31+/t45-,48?,49-,50?,51?,52?,53?/m1/s1. The van der Waals surface area contributed by atoms with E-state index in [1.54, 1.807) is 0 Å². The number of aliphatic hydroxyl groups is 5. The van der Waals surface area contributed by atoms with Gasteiger partial charge in [0.05, 0.1) is 6.61 Å². The number of phosphoric acid groups is 1. The van der Waals surface area contributed by atoms with Crippen LogP contribution in [0, 0.1) is 0 Å². The average Bonchev–Trinajstić information content (AvgIpc) is 3.31. The van der Waals surface area contributed by atoms with E-state index >= 15 is 0 Å². The van der Waals surface area contributed by atoms with Gasteiger partial charge >= 0.3 is 19.8 Å². The Morgan fingerprint density at radius 3 is 1.25 bits per heavy atom. The molecule has 1 aliphatic carbocycles. The fraction of sp³-hybridized carbons (Fsp3) is 0.849. The van der Waals surface area contributed by atoms with Crippen LogP contribution in [0.3, 0.4) is 0 Å². The zero-order chi connectivity index (χ0) is 49.2. The van der Waals surface area contributed by atoms with E-state index in [0.717, 1.165) is 57.8 Å². The molecule has 0 saturated heterocycles. The second-order valence-corrected chi connectivity index (χ2v) is 20.1. The van der Waals surface area contributed by atoms with E-state index in [1.807, 2.05) is 0 Å². The van der Waals surface area contributed by atoms with Crippen molar-refractivity contribution in [3.8, 4) is 0 Å². The first kappa shape index (κ1) is 63.1. The highest BCUT2D eigenvalue weighted by Crippen LogP contribution is 2.47. The van der Waals surface area contributed by atoms with Crippen molar-refractivity contribution in [2.24, 2.45) is 0 Å². The van der Waals surface area contributed by atoms with E-state index in [-0.39, 0.29) is 12.8 Å². The molecule has 0 aromatic heterocycles. The van der Waals surface area contributed by atoms with E-state index in [1.165, 1.54) is 135 Å². The summed E-state index contributed by atoms with van der Waals surface area (Å²) in [6.45, 7) is 3.27. The highest BCUT2D eigenvalue weighted by Gasteiger charge is 2.51. The Labute approximate surface area is 406 Å². The molecule has 392 valence electrons. The molecule has 0 spiro atoms. The third-order valence-electron chi connectivity index (χ3n) is 12.5. The molecule has 1 rings (SSSR count). The van der Waals surface area contributed by atoms with E-state index in [4.69, 9.17) is 18.5 Å². The predicted octanol–water partition coefficient (Wildman–Crippen LogP) is 11.7. The molecule has 1 fully saturated rings. The number of esters is 2. The lowest BCUT2D eigenvalue weighted by atomic mass is 9.85. The Kier molecular flexibility index (Phi) is 40.4. The van der Waals surface area contributed by atoms with Gasteiger partial charge < -0.3 is 39.9 Å². The molecule has 0 aliphatic heterocycles. The number of allylic oxidation sites excluding steroid dienone is 6. The minimum absolute atomic E-state index is 0.0922. The van der Waals surface area contributed by atoms with Crippen molar-refractivity contribution in [3.05, 3.63) is 36.5 Å². The first-order valence-electron chi connectivity index (χ1n) is 26.8. The molecule has 6 unspecified atom stereocenters. The molecule has 1 saturated carbocycles. The second kappa shape index (κ2) is 42.9. The summed E-state index contributed by atoms with van der Waals surface area (Å²) in [5, 5.41) is 50.3. The Hall–Kier alpha value is -1.93. The van der Waals surface area contributed by atoms with Crippen LogP contribution in [0.2, 0.25) is 0 Å². The Balaban J connectivity index is 2.37. The summed E-state index contributed by atoms with van der Waals surface area (Å²) < 4.78 is 33.6. The fourth-order valence-corrected chi connectivity index (χ4v) is 9.15. The van der Waals surface area contributed by atoms with E-state index in [2.05, 4.69) is 50.3 Å². The molecular weight excluding hydrogens is 876 g/mol. The van der Waals surface area contributed by atoms with E-state index in [0.29, 0.717) is 12.8 Å². The van der Waals surface area contributed by atoms with Gasteiger partial charge in [0.1, 0.15) is 43.2 Å². The van der Waals surface area contributed by atoms with Gasteiger partial charge in [-0.15, -0.1) is 0 Å². The van der Waals surface area contributed by atoms with Crippen molar-refractivity contribution in [2.75, 3.05) is 13.2 Å². The minimum atomic E-state index is -5.13. The summed E-state index contributed by atoms with van der Waals surface area (Å²) in [6, 6.07) is 0. The number of ether oxygens (including phenoxy) is 2. The molecule has 1 aliphatic rings. The maximum atomic E-state index is 12.9. The van der Waals surface area contributed by atoms with Gasteiger partial charge in [0, 0.05) is 12.8 Å². The number of rotatable bonds is 45. The predicted molar refractivity (Wildman–Crippen MR) is 267 cm³/mol. The first-order valence-corrected chi connectivity index (χ1v) is 28.3. The highest BCUT2D eigenvalue weighted by molar-refractivity contribution is 7.47. The third-order valence-corrected chi connectivity index (χ3v) is 13.5. The number of aliphatic hydroxyl groups excluding tert-OH is 5. The summed E-state index contributed by atoms with van der Waals surface area (Å²) in [7, 11) is -5.13. The summed E-state index contributed by atoms with van der Waals surface area (Å²) in [5.41, 5.74) is 0. The first-order chi connectivity index (χ1) is 32.4. The summed E-state index contributed by atoms with van der Waals surface area (Å²) in [4.78, 5) is 35.8. The Morgan fingerprint density at radius 2 is 0.806 bits per heavy atom. The van der Waals surface area contributed by atoms with Crippen LogP contribution < -0.4 is 0 Å². The summed E-state index contributed by atoms with van der Waals surface area (Å²) >= 11 is 0. The smallest absolute Gasteiger partial charge is 0.462 e. The Bertz CT molecular complexity index is 1310. The maximum Gasteiger partial charge on any atom is 0.472 e. The van der Waals surface area contributed by atoms with Crippen molar-refractivity contribution < 1.29 is 63.1 Å². The van der Waals surface area contributed by atoms with Crippen LogP contribution in [0.25, 0.3) is 0 Å². The lowest BCUT2D eigenvalue weighted by Crippen LogP contribution is -2.64. The molecule has 6 N–H and O–H groups in total. The molecule has 0 amide bonds. The fourth-order valence-electron chi connectivity index (χ4n) is 8.18. The van der Waals surface area contributed by atoms with Crippen LogP contribution >= 0.6 is 7.82 Å². The monoisotopic (exact) mass is 973 g/mol. The molecule has 67 heavy (non-hydrogen) atoms.